The number of ether oxygens (including phenoxy) is 2. The Balaban J connectivity index is 1.60. The molecular weight excluding hydrogens is 398 g/mol. The van der Waals surface area contributed by atoms with Crippen molar-refractivity contribution >= 4 is 17.4 Å². The second-order valence-corrected chi connectivity index (χ2v) is 7.29. The lowest BCUT2D eigenvalue weighted by atomic mass is 9.99. The minimum absolute atomic E-state index is 0.0208. The molecule has 1 aromatic heterocycles. The number of furan rings is 1. The average molecular weight is 417 g/mol. The number of fused-ring (bicyclic) bond motifs is 1. The third-order valence-corrected chi connectivity index (χ3v) is 5.36. The van der Waals surface area contributed by atoms with Crippen LogP contribution in [-0.2, 0) is 16.1 Å². The summed E-state index contributed by atoms with van der Waals surface area (Å²) in [6, 6.07) is 16.8. The number of carbonyl (C=O) groups excluding carboxylic acids is 2. The second-order valence-electron chi connectivity index (χ2n) is 7.29. The van der Waals surface area contributed by atoms with Crippen molar-refractivity contribution in [3.8, 4) is 11.5 Å². The van der Waals surface area contributed by atoms with Gasteiger partial charge in [-0.2, -0.15) is 0 Å². The first-order valence-corrected chi connectivity index (χ1v) is 9.89. The molecule has 1 saturated heterocycles. The smallest absolute Gasteiger partial charge is 0.296 e. The summed E-state index contributed by atoms with van der Waals surface area (Å²) in [5, 5.41) is 11.1. The third-order valence-electron chi connectivity index (χ3n) is 5.36. The maximum Gasteiger partial charge on any atom is 0.296 e. The first kappa shape index (κ1) is 19.0. The van der Waals surface area contributed by atoms with E-state index in [1.807, 2.05) is 30.3 Å². The van der Waals surface area contributed by atoms with Crippen molar-refractivity contribution in [2.75, 3.05) is 13.2 Å². The van der Waals surface area contributed by atoms with Crippen LogP contribution in [0.3, 0.4) is 0 Å². The van der Waals surface area contributed by atoms with Crippen molar-refractivity contribution in [1.82, 2.24) is 4.90 Å². The van der Waals surface area contributed by atoms with Gasteiger partial charge in [0.25, 0.3) is 11.7 Å². The zero-order valence-corrected chi connectivity index (χ0v) is 16.5. The molecule has 3 heterocycles. The molecule has 1 atom stereocenters. The number of aliphatic hydroxyl groups excluding tert-OH is 1. The van der Waals surface area contributed by atoms with E-state index >= 15 is 0 Å². The SMILES string of the molecule is O=C1C(=O)N(Cc2ccccc2)[C@@H](c2ccco2)C1=C(O)c1ccc2c(c1)OCCO2. The third kappa shape index (κ3) is 3.34. The molecule has 0 aliphatic carbocycles. The quantitative estimate of drug-likeness (QED) is 0.396. The van der Waals surface area contributed by atoms with Gasteiger partial charge in [-0.1, -0.05) is 30.3 Å². The molecule has 1 N–H and O–H groups in total. The van der Waals surface area contributed by atoms with Gasteiger partial charge in [0.1, 0.15) is 30.8 Å². The summed E-state index contributed by atoms with van der Waals surface area (Å²) < 4.78 is 16.7. The van der Waals surface area contributed by atoms with Crippen LogP contribution in [0.5, 0.6) is 11.5 Å². The van der Waals surface area contributed by atoms with Gasteiger partial charge in [-0.05, 0) is 35.9 Å². The van der Waals surface area contributed by atoms with E-state index in [4.69, 9.17) is 13.9 Å². The molecule has 31 heavy (non-hydrogen) atoms. The number of hydrogen-bond acceptors (Lipinski definition) is 6. The number of benzene rings is 2. The molecule has 3 aromatic rings. The second kappa shape index (κ2) is 7.68. The van der Waals surface area contributed by atoms with Crippen LogP contribution in [0, 0.1) is 0 Å². The lowest BCUT2D eigenvalue weighted by Crippen LogP contribution is -2.29. The summed E-state index contributed by atoms with van der Waals surface area (Å²) in [4.78, 5) is 27.4. The van der Waals surface area contributed by atoms with Gasteiger partial charge in [0.05, 0.1) is 11.8 Å². The highest BCUT2D eigenvalue weighted by Crippen LogP contribution is 2.41. The standard InChI is InChI=1S/C24H19NO6/c26-22(16-8-9-17-19(13-16)31-12-11-30-17)20-21(18-7-4-10-29-18)25(24(28)23(20)27)14-15-5-2-1-3-6-15/h1-10,13,21,26H,11-12,14H2/t21-/m0/s1. The molecule has 2 aromatic carbocycles. The van der Waals surface area contributed by atoms with Crippen molar-refractivity contribution in [1.29, 1.82) is 0 Å². The normalized spacial score (nSPS) is 19.6. The summed E-state index contributed by atoms with van der Waals surface area (Å²) >= 11 is 0. The summed E-state index contributed by atoms with van der Waals surface area (Å²) in [6.07, 6.45) is 1.47. The molecule has 2 aliphatic heterocycles. The van der Waals surface area contributed by atoms with E-state index in [1.54, 1.807) is 30.3 Å². The Morgan fingerprint density at radius 2 is 1.74 bits per heavy atom. The Bertz CT molecular complexity index is 1170. The maximum atomic E-state index is 13.0. The van der Waals surface area contributed by atoms with E-state index < -0.39 is 17.7 Å². The Morgan fingerprint density at radius 3 is 2.48 bits per heavy atom. The molecule has 0 bridgehead atoms. The highest BCUT2D eigenvalue weighted by atomic mass is 16.6. The van der Waals surface area contributed by atoms with Crippen LogP contribution < -0.4 is 9.47 Å². The van der Waals surface area contributed by atoms with Crippen molar-refractivity contribution in [2.45, 2.75) is 12.6 Å². The van der Waals surface area contributed by atoms with Gasteiger partial charge in [-0.25, -0.2) is 0 Å². The van der Waals surface area contributed by atoms with Crippen LogP contribution in [-0.4, -0.2) is 34.9 Å². The van der Waals surface area contributed by atoms with E-state index in [2.05, 4.69) is 0 Å². The molecule has 7 heteroatoms. The largest absolute Gasteiger partial charge is 0.507 e. The van der Waals surface area contributed by atoms with Crippen molar-refractivity contribution in [2.24, 2.45) is 0 Å². The number of Topliss-reactive ketones (excluding diaryl/α,β-unsaturated/α-hetero) is 1. The van der Waals surface area contributed by atoms with E-state index in [9.17, 15) is 14.7 Å². The molecular formula is C24H19NO6. The molecule has 156 valence electrons. The number of rotatable bonds is 4. The number of carbonyl (C=O) groups is 2. The van der Waals surface area contributed by atoms with Crippen LogP contribution in [0.2, 0.25) is 0 Å². The number of amides is 1. The molecule has 1 fully saturated rings. The average Bonchev–Trinajstić information content (AvgIpc) is 3.42. The summed E-state index contributed by atoms with van der Waals surface area (Å²) in [7, 11) is 0. The van der Waals surface area contributed by atoms with Gasteiger partial charge in [0, 0.05) is 12.1 Å². The zero-order valence-electron chi connectivity index (χ0n) is 16.5. The first-order chi connectivity index (χ1) is 15.1. The van der Waals surface area contributed by atoms with Crippen molar-refractivity contribution in [3.05, 3.63) is 89.4 Å². The molecule has 7 nitrogen and oxygen atoms in total. The van der Waals surface area contributed by atoms with Crippen LogP contribution >= 0.6 is 0 Å². The molecule has 2 aliphatic rings. The highest BCUT2D eigenvalue weighted by Gasteiger charge is 2.47. The minimum atomic E-state index is -0.844. The van der Waals surface area contributed by atoms with Crippen molar-refractivity contribution < 1.29 is 28.6 Å². The van der Waals surface area contributed by atoms with E-state index in [-0.39, 0.29) is 17.9 Å². The monoisotopic (exact) mass is 417 g/mol. The predicted molar refractivity (Wildman–Crippen MR) is 110 cm³/mol. The fourth-order valence-electron chi connectivity index (χ4n) is 3.91. The van der Waals surface area contributed by atoms with Gasteiger partial charge in [-0.15, -0.1) is 0 Å². The van der Waals surface area contributed by atoms with Crippen molar-refractivity contribution in [3.63, 3.8) is 0 Å². The number of aliphatic hydroxyl groups is 1. The predicted octanol–water partition coefficient (Wildman–Crippen LogP) is 3.67. The minimum Gasteiger partial charge on any atom is -0.507 e. The van der Waals surface area contributed by atoms with Gasteiger partial charge in [-0.3, -0.25) is 9.59 Å². The van der Waals surface area contributed by atoms with Crippen LogP contribution in [0.15, 0.2) is 76.9 Å². The molecule has 1 amide bonds. The fraction of sp³-hybridized carbons (Fsp3) is 0.167. The van der Waals surface area contributed by atoms with Crippen LogP contribution in [0.25, 0.3) is 5.76 Å². The lowest BCUT2D eigenvalue weighted by Gasteiger charge is -2.23. The summed E-state index contributed by atoms with van der Waals surface area (Å²) in [5.41, 5.74) is 1.20. The van der Waals surface area contributed by atoms with E-state index in [1.165, 1.54) is 11.2 Å². The maximum absolute atomic E-state index is 13.0. The van der Waals surface area contributed by atoms with E-state index in [0.29, 0.717) is 36.0 Å². The van der Waals surface area contributed by atoms with E-state index in [0.717, 1.165) is 5.56 Å². The number of ketones is 1. The molecule has 0 spiro atoms. The zero-order chi connectivity index (χ0) is 21.4. The van der Waals surface area contributed by atoms with Gasteiger partial charge >= 0.3 is 0 Å². The summed E-state index contributed by atoms with van der Waals surface area (Å²) in [6.45, 7) is 1.04. The first-order valence-electron chi connectivity index (χ1n) is 9.89. The highest BCUT2D eigenvalue weighted by molar-refractivity contribution is 6.46. The Hall–Kier alpha value is -4.00. The molecule has 0 radical (unpaired) electrons. The molecule has 0 saturated carbocycles. The van der Waals surface area contributed by atoms with Crippen LogP contribution in [0.1, 0.15) is 22.9 Å². The lowest BCUT2D eigenvalue weighted by molar-refractivity contribution is -0.140. The summed E-state index contributed by atoms with van der Waals surface area (Å²) in [5.74, 6) is -0.297. The van der Waals surface area contributed by atoms with Gasteiger partial charge < -0.3 is 23.9 Å². The van der Waals surface area contributed by atoms with Crippen LogP contribution in [0.4, 0.5) is 0 Å². The number of hydrogen-bond donors (Lipinski definition) is 1. The Morgan fingerprint density at radius 1 is 0.968 bits per heavy atom. The topological polar surface area (TPSA) is 89.2 Å². The Labute approximate surface area is 178 Å². The van der Waals surface area contributed by atoms with Gasteiger partial charge in [0.15, 0.2) is 11.5 Å². The number of likely N-dealkylation sites (tertiary alicyclic amines) is 1. The fourth-order valence-corrected chi connectivity index (χ4v) is 3.91. The molecule has 0 unspecified atom stereocenters. The van der Waals surface area contributed by atoms with Gasteiger partial charge in [0.2, 0.25) is 0 Å². The Kier molecular flexibility index (Phi) is 4.71. The molecule has 5 rings (SSSR count). The number of nitrogens with zero attached hydrogens (tertiary/aromatic N) is 1.